The number of carbonyl (C=O) groups excluding carboxylic acids is 1. The molecule has 0 aromatic heterocycles. The average molecular weight is 248 g/mol. The smallest absolute Gasteiger partial charge is 0.220 e. The molecule has 1 aliphatic rings. The SMILES string of the molecule is CCNC1CCc2cc(OCCC(N)=O)ccc21. The van der Waals surface area contributed by atoms with Gasteiger partial charge >= 0.3 is 0 Å². The summed E-state index contributed by atoms with van der Waals surface area (Å²) in [4.78, 5) is 10.6. The molecule has 0 spiro atoms. The van der Waals surface area contributed by atoms with Crippen LogP contribution in [0.2, 0.25) is 0 Å². The molecule has 0 bridgehead atoms. The van der Waals surface area contributed by atoms with Crippen molar-refractivity contribution in [1.82, 2.24) is 5.32 Å². The molecule has 0 fully saturated rings. The number of aryl methyl sites for hydroxylation is 1. The molecule has 1 aliphatic carbocycles. The number of ether oxygens (including phenoxy) is 1. The molecule has 98 valence electrons. The maximum atomic E-state index is 10.6. The van der Waals surface area contributed by atoms with Crippen LogP contribution in [0.25, 0.3) is 0 Å². The van der Waals surface area contributed by atoms with Crippen molar-refractivity contribution in [1.29, 1.82) is 0 Å². The van der Waals surface area contributed by atoms with Crippen LogP contribution in [-0.4, -0.2) is 19.1 Å². The standard InChI is InChI=1S/C14H20N2O2/c1-2-16-13-6-3-10-9-11(4-5-12(10)13)18-8-7-14(15)17/h4-5,9,13,16H,2-3,6-8H2,1H3,(H2,15,17). The van der Waals surface area contributed by atoms with Crippen molar-refractivity contribution in [3.05, 3.63) is 29.3 Å². The molecule has 4 nitrogen and oxygen atoms in total. The Morgan fingerprint density at radius 2 is 2.39 bits per heavy atom. The Balaban J connectivity index is 1.98. The Labute approximate surface area is 108 Å². The van der Waals surface area contributed by atoms with Crippen LogP contribution in [-0.2, 0) is 11.2 Å². The van der Waals surface area contributed by atoms with E-state index in [1.165, 1.54) is 11.1 Å². The Kier molecular flexibility index (Phi) is 4.20. The topological polar surface area (TPSA) is 64.3 Å². The molecule has 0 radical (unpaired) electrons. The molecule has 0 saturated heterocycles. The van der Waals surface area contributed by atoms with Crippen molar-refractivity contribution in [3.8, 4) is 5.75 Å². The maximum absolute atomic E-state index is 10.6. The van der Waals surface area contributed by atoms with Crippen molar-refractivity contribution < 1.29 is 9.53 Å². The molecule has 1 aromatic carbocycles. The van der Waals surface area contributed by atoms with Gasteiger partial charge in [-0.15, -0.1) is 0 Å². The van der Waals surface area contributed by atoms with E-state index in [1.807, 2.05) is 6.07 Å². The highest BCUT2D eigenvalue weighted by atomic mass is 16.5. The molecule has 4 heteroatoms. The molecule has 0 saturated carbocycles. The van der Waals surface area contributed by atoms with Gasteiger partial charge in [0.15, 0.2) is 0 Å². The van der Waals surface area contributed by atoms with Crippen molar-refractivity contribution in [2.24, 2.45) is 5.73 Å². The van der Waals surface area contributed by atoms with Crippen molar-refractivity contribution in [2.75, 3.05) is 13.2 Å². The van der Waals surface area contributed by atoms with Gasteiger partial charge in [-0.25, -0.2) is 0 Å². The molecule has 0 heterocycles. The Hall–Kier alpha value is -1.55. The molecule has 18 heavy (non-hydrogen) atoms. The van der Waals surface area contributed by atoms with Gasteiger partial charge < -0.3 is 15.8 Å². The molecule has 1 aromatic rings. The first-order valence-electron chi connectivity index (χ1n) is 6.48. The van der Waals surface area contributed by atoms with Crippen molar-refractivity contribution in [2.45, 2.75) is 32.2 Å². The first kappa shape index (κ1) is 12.9. The van der Waals surface area contributed by atoms with Gasteiger partial charge in [0.1, 0.15) is 5.75 Å². The number of hydrogen-bond acceptors (Lipinski definition) is 3. The summed E-state index contributed by atoms with van der Waals surface area (Å²) in [5, 5.41) is 3.48. The van der Waals surface area contributed by atoms with E-state index < -0.39 is 0 Å². The number of nitrogens with two attached hydrogens (primary N) is 1. The third-order valence-corrected chi connectivity index (χ3v) is 3.26. The lowest BCUT2D eigenvalue weighted by Gasteiger charge is -2.13. The van der Waals surface area contributed by atoms with Crippen LogP contribution >= 0.6 is 0 Å². The number of benzene rings is 1. The largest absolute Gasteiger partial charge is 0.493 e. The predicted molar refractivity (Wildman–Crippen MR) is 70.5 cm³/mol. The molecule has 2 rings (SSSR count). The van der Waals surface area contributed by atoms with E-state index in [0.717, 1.165) is 25.1 Å². The summed E-state index contributed by atoms with van der Waals surface area (Å²) in [7, 11) is 0. The predicted octanol–water partition coefficient (Wildman–Crippen LogP) is 1.54. The molecular weight excluding hydrogens is 228 g/mol. The van der Waals surface area contributed by atoms with Crippen LogP contribution in [0.15, 0.2) is 18.2 Å². The Bertz CT molecular complexity index is 432. The van der Waals surface area contributed by atoms with Crippen LogP contribution < -0.4 is 15.8 Å². The lowest BCUT2D eigenvalue weighted by molar-refractivity contribution is -0.118. The quantitative estimate of drug-likeness (QED) is 0.802. The van der Waals surface area contributed by atoms with Gasteiger partial charge in [-0.2, -0.15) is 0 Å². The van der Waals surface area contributed by atoms with Gasteiger partial charge in [0.25, 0.3) is 0 Å². The lowest BCUT2D eigenvalue weighted by Crippen LogP contribution is -2.18. The van der Waals surface area contributed by atoms with Gasteiger partial charge in [0, 0.05) is 6.04 Å². The first-order valence-corrected chi connectivity index (χ1v) is 6.48. The van der Waals surface area contributed by atoms with Gasteiger partial charge in [-0.3, -0.25) is 4.79 Å². The summed E-state index contributed by atoms with van der Waals surface area (Å²) >= 11 is 0. The molecule has 1 amide bonds. The van der Waals surface area contributed by atoms with Crippen LogP contribution in [0.3, 0.4) is 0 Å². The van der Waals surface area contributed by atoms with E-state index in [9.17, 15) is 4.79 Å². The number of primary amides is 1. The lowest BCUT2D eigenvalue weighted by atomic mass is 10.1. The number of amides is 1. The molecule has 1 unspecified atom stereocenters. The molecule has 0 aliphatic heterocycles. The van der Waals surface area contributed by atoms with Crippen LogP contribution in [0.1, 0.15) is 36.9 Å². The van der Waals surface area contributed by atoms with Gasteiger partial charge in [0.05, 0.1) is 13.0 Å². The Morgan fingerprint density at radius 1 is 1.56 bits per heavy atom. The second-order valence-electron chi connectivity index (χ2n) is 4.57. The fourth-order valence-corrected chi connectivity index (χ4v) is 2.41. The average Bonchev–Trinajstić information content (AvgIpc) is 2.72. The number of carbonyl (C=O) groups is 1. The van der Waals surface area contributed by atoms with Crippen LogP contribution in [0, 0.1) is 0 Å². The van der Waals surface area contributed by atoms with E-state index in [0.29, 0.717) is 12.6 Å². The molecule has 1 atom stereocenters. The van der Waals surface area contributed by atoms with E-state index in [1.54, 1.807) is 0 Å². The minimum atomic E-state index is -0.330. The highest BCUT2D eigenvalue weighted by molar-refractivity contribution is 5.73. The summed E-state index contributed by atoms with van der Waals surface area (Å²) < 4.78 is 5.52. The minimum absolute atomic E-state index is 0.261. The summed E-state index contributed by atoms with van der Waals surface area (Å²) in [6.45, 7) is 3.46. The van der Waals surface area contributed by atoms with Crippen molar-refractivity contribution >= 4 is 5.91 Å². The van der Waals surface area contributed by atoms with Crippen LogP contribution in [0.5, 0.6) is 5.75 Å². The van der Waals surface area contributed by atoms with Crippen molar-refractivity contribution in [3.63, 3.8) is 0 Å². The number of fused-ring (bicyclic) bond motifs is 1. The molecular formula is C14H20N2O2. The zero-order chi connectivity index (χ0) is 13.0. The third-order valence-electron chi connectivity index (χ3n) is 3.26. The zero-order valence-electron chi connectivity index (χ0n) is 10.7. The summed E-state index contributed by atoms with van der Waals surface area (Å²) in [6.07, 6.45) is 2.49. The van der Waals surface area contributed by atoms with Gasteiger partial charge in [0.2, 0.25) is 5.91 Å². The summed E-state index contributed by atoms with van der Waals surface area (Å²) in [5.74, 6) is 0.496. The summed E-state index contributed by atoms with van der Waals surface area (Å²) in [6, 6.07) is 6.64. The normalized spacial score (nSPS) is 17.5. The van der Waals surface area contributed by atoms with E-state index in [4.69, 9.17) is 10.5 Å². The van der Waals surface area contributed by atoms with Crippen LogP contribution in [0.4, 0.5) is 0 Å². The first-order chi connectivity index (χ1) is 8.70. The number of rotatable bonds is 6. The van der Waals surface area contributed by atoms with Gasteiger partial charge in [-0.1, -0.05) is 13.0 Å². The van der Waals surface area contributed by atoms with E-state index in [2.05, 4.69) is 24.4 Å². The Morgan fingerprint density at radius 3 is 3.11 bits per heavy atom. The fourth-order valence-electron chi connectivity index (χ4n) is 2.41. The van der Waals surface area contributed by atoms with E-state index in [-0.39, 0.29) is 12.3 Å². The molecule has 3 N–H and O–H groups in total. The third kappa shape index (κ3) is 3.01. The second-order valence-corrected chi connectivity index (χ2v) is 4.57. The zero-order valence-corrected chi connectivity index (χ0v) is 10.7. The maximum Gasteiger partial charge on any atom is 0.220 e. The second kappa shape index (κ2) is 5.87. The summed E-state index contributed by atoms with van der Waals surface area (Å²) in [5.41, 5.74) is 7.79. The highest BCUT2D eigenvalue weighted by Crippen LogP contribution is 2.33. The fraction of sp³-hybridized carbons (Fsp3) is 0.500. The monoisotopic (exact) mass is 248 g/mol. The number of nitrogens with one attached hydrogen (secondary N) is 1. The number of hydrogen-bond donors (Lipinski definition) is 2. The van der Waals surface area contributed by atoms with Gasteiger partial charge in [-0.05, 0) is 42.6 Å². The van der Waals surface area contributed by atoms with E-state index >= 15 is 0 Å². The minimum Gasteiger partial charge on any atom is -0.493 e. The highest BCUT2D eigenvalue weighted by Gasteiger charge is 2.21.